The average Bonchev–Trinajstić information content (AvgIpc) is 2.38. The molecule has 0 spiro atoms. The normalized spacial score (nSPS) is 12.2. The van der Waals surface area contributed by atoms with Gasteiger partial charge in [0, 0.05) is 13.5 Å². The first-order valence-electron chi connectivity index (χ1n) is 5.85. The second kappa shape index (κ2) is 8.14. The van der Waals surface area contributed by atoms with Crippen molar-refractivity contribution in [2.45, 2.75) is 18.9 Å². The van der Waals surface area contributed by atoms with Crippen molar-refractivity contribution in [2.24, 2.45) is 0 Å². The third-order valence-electron chi connectivity index (χ3n) is 2.52. The lowest BCUT2D eigenvalue weighted by atomic mass is 10.0. The molecule has 1 aromatic carbocycles. The van der Waals surface area contributed by atoms with E-state index < -0.39 is 12.1 Å². The molecule has 19 heavy (non-hydrogen) atoms. The summed E-state index contributed by atoms with van der Waals surface area (Å²) in [7, 11) is 1.60. The van der Waals surface area contributed by atoms with Gasteiger partial charge in [-0.25, -0.2) is 0 Å². The zero-order valence-corrected chi connectivity index (χ0v) is 12.2. The fourth-order valence-corrected chi connectivity index (χ4v) is 2.01. The van der Waals surface area contributed by atoms with Crippen LogP contribution in [0, 0.1) is 0 Å². The van der Waals surface area contributed by atoms with Gasteiger partial charge >= 0.3 is 5.97 Å². The van der Waals surface area contributed by atoms with E-state index in [1.54, 1.807) is 25.3 Å². The molecule has 0 radical (unpaired) electrons. The Bertz CT molecular complexity index is 421. The second-order valence-electron chi connectivity index (χ2n) is 3.98. The van der Waals surface area contributed by atoms with Gasteiger partial charge in [-0.1, -0.05) is 6.07 Å². The summed E-state index contributed by atoms with van der Waals surface area (Å²) < 4.78 is 11.1. The fraction of sp³-hybridized carbons (Fsp3) is 0.462. The predicted molar refractivity (Wildman–Crippen MR) is 73.3 cm³/mol. The van der Waals surface area contributed by atoms with E-state index in [4.69, 9.17) is 14.6 Å². The molecular weight excluding hydrogens is 316 g/mol. The molecule has 1 rings (SSSR count). The number of carboxylic acid groups (broad SMARTS) is 1. The lowest BCUT2D eigenvalue weighted by Gasteiger charge is -2.13. The maximum absolute atomic E-state index is 10.5. The summed E-state index contributed by atoms with van der Waals surface area (Å²) >= 11 is 3.35. The van der Waals surface area contributed by atoms with E-state index in [2.05, 4.69) is 15.9 Å². The number of rotatable bonds is 8. The van der Waals surface area contributed by atoms with Gasteiger partial charge in [0.2, 0.25) is 0 Å². The lowest BCUT2D eigenvalue weighted by molar-refractivity contribution is -0.137. The molecule has 2 N–H and O–H groups in total. The Kier molecular flexibility index (Phi) is 6.83. The van der Waals surface area contributed by atoms with Crippen LogP contribution in [0.15, 0.2) is 22.7 Å². The number of hydrogen-bond donors (Lipinski definition) is 2. The highest BCUT2D eigenvalue weighted by Crippen LogP contribution is 2.29. The number of ether oxygens (including phenoxy) is 2. The Hall–Kier alpha value is -1.11. The van der Waals surface area contributed by atoms with Gasteiger partial charge in [0.1, 0.15) is 12.4 Å². The summed E-state index contributed by atoms with van der Waals surface area (Å²) in [6.45, 7) is 0.936. The standard InChI is InChI=1S/C13H17BrO5/c1-18-6-7-19-12-4-2-9(8-10(12)14)11(15)3-5-13(16)17/h2,4,8,11,15H,3,5-7H2,1H3,(H,16,17)/t11-/m1/s1. The largest absolute Gasteiger partial charge is 0.490 e. The molecule has 0 bridgehead atoms. The van der Waals surface area contributed by atoms with Crippen molar-refractivity contribution >= 4 is 21.9 Å². The Morgan fingerprint density at radius 3 is 2.74 bits per heavy atom. The van der Waals surface area contributed by atoms with Crippen molar-refractivity contribution in [1.29, 1.82) is 0 Å². The van der Waals surface area contributed by atoms with Gasteiger partial charge in [0.25, 0.3) is 0 Å². The fourth-order valence-electron chi connectivity index (χ4n) is 1.50. The van der Waals surface area contributed by atoms with Crippen LogP contribution in [-0.2, 0) is 9.53 Å². The molecule has 0 unspecified atom stereocenters. The summed E-state index contributed by atoms with van der Waals surface area (Å²) in [6, 6.07) is 5.19. The molecule has 0 heterocycles. The first-order valence-corrected chi connectivity index (χ1v) is 6.65. The second-order valence-corrected chi connectivity index (χ2v) is 4.83. The first-order chi connectivity index (χ1) is 9.04. The third-order valence-corrected chi connectivity index (χ3v) is 3.14. The predicted octanol–water partition coefficient (Wildman–Crippen LogP) is 2.37. The molecule has 0 fully saturated rings. The van der Waals surface area contributed by atoms with Gasteiger partial charge in [-0.05, 0) is 40.0 Å². The van der Waals surface area contributed by atoms with Crippen molar-refractivity contribution in [3.8, 4) is 5.75 Å². The van der Waals surface area contributed by atoms with Crippen molar-refractivity contribution in [3.05, 3.63) is 28.2 Å². The summed E-state index contributed by atoms with van der Waals surface area (Å²) in [5, 5.41) is 18.4. The van der Waals surface area contributed by atoms with Crippen LogP contribution in [0.25, 0.3) is 0 Å². The van der Waals surface area contributed by atoms with Gasteiger partial charge in [0.15, 0.2) is 0 Å². The SMILES string of the molecule is COCCOc1ccc([C@H](O)CCC(=O)O)cc1Br. The number of benzene rings is 1. The van der Waals surface area contributed by atoms with E-state index in [-0.39, 0.29) is 12.8 Å². The van der Waals surface area contributed by atoms with Crippen LogP contribution in [-0.4, -0.2) is 36.5 Å². The summed E-state index contributed by atoms with van der Waals surface area (Å²) in [5.41, 5.74) is 0.659. The molecule has 0 saturated carbocycles. The number of halogens is 1. The van der Waals surface area contributed by atoms with Crippen molar-refractivity contribution in [3.63, 3.8) is 0 Å². The summed E-state index contributed by atoms with van der Waals surface area (Å²) in [6.07, 6.45) is -0.670. The van der Waals surface area contributed by atoms with Gasteiger partial charge in [0.05, 0.1) is 17.2 Å². The monoisotopic (exact) mass is 332 g/mol. The van der Waals surface area contributed by atoms with Crippen molar-refractivity contribution < 1.29 is 24.5 Å². The first kappa shape index (κ1) is 15.9. The van der Waals surface area contributed by atoms with E-state index in [1.165, 1.54) is 0 Å². The molecule has 0 aliphatic carbocycles. The van der Waals surface area contributed by atoms with Crippen LogP contribution in [0.5, 0.6) is 5.75 Å². The quantitative estimate of drug-likeness (QED) is 0.715. The molecular formula is C13H17BrO5. The molecule has 0 amide bonds. The number of methoxy groups -OCH3 is 1. The molecule has 0 saturated heterocycles. The smallest absolute Gasteiger partial charge is 0.303 e. The highest BCUT2D eigenvalue weighted by molar-refractivity contribution is 9.10. The number of aliphatic hydroxyl groups is 1. The minimum atomic E-state index is -0.919. The zero-order valence-electron chi connectivity index (χ0n) is 10.6. The van der Waals surface area contributed by atoms with E-state index in [0.717, 1.165) is 4.47 Å². The number of aliphatic carboxylic acids is 1. The maximum Gasteiger partial charge on any atom is 0.303 e. The van der Waals surface area contributed by atoms with Crippen molar-refractivity contribution in [2.75, 3.05) is 20.3 Å². The molecule has 1 atom stereocenters. The van der Waals surface area contributed by atoms with E-state index in [9.17, 15) is 9.90 Å². The topological polar surface area (TPSA) is 76.0 Å². The molecule has 5 nitrogen and oxygen atoms in total. The van der Waals surface area contributed by atoms with Gasteiger partial charge < -0.3 is 19.7 Å². The molecule has 0 aliphatic heterocycles. The van der Waals surface area contributed by atoms with Crippen LogP contribution >= 0.6 is 15.9 Å². The van der Waals surface area contributed by atoms with Gasteiger partial charge in [-0.2, -0.15) is 0 Å². The molecule has 106 valence electrons. The summed E-state index contributed by atoms with van der Waals surface area (Å²) in [4.78, 5) is 10.5. The molecule has 0 aromatic heterocycles. The number of aliphatic hydroxyl groups excluding tert-OH is 1. The van der Waals surface area contributed by atoms with E-state index in [1.807, 2.05) is 0 Å². The molecule has 0 aliphatic rings. The minimum absolute atomic E-state index is 0.0646. The number of hydrogen-bond acceptors (Lipinski definition) is 4. The van der Waals surface area contributed by atoms with Gasteiger partial charge in [-0.15, -0.1) is 0 Å². The van der Waals surface area contributed by atoms with Crippen LogP contribution in [0.4, 0.5) is 0 Å². The molecule has 6 heteroatoms. The Morgan fingerprint density at radius 1 is 1.42 bits per heavy atom. The third kappa shape index (κ3) is 5.59. The van der Waals surface area contributed by atoms with Crippen molar-refractivity contribution in [1.82, 2.24) is 0 Å². The minimum Gasteiger partial charge on any atom is -0.490 e. The Balaban J connectivity index is 2.62. The van der Waals surface area contributed by atoms with Crippen LogP contribution in [0.1, 0.15) is 24.5 Å². The lowest BCUT2D eigenvalue weighted by Crippen LogP contribution is -2.06. The van der Waals surface area contributed by atoms with E-state index >= 15 is 0 Å². The number of carbonyl (C=O) groups is 1. The highest BCUT2D eigenvalue weighted by atomic mass is 79.9. The van der Waals surface area contributed by atoms with Crippen LogP contribution in [0.2, 0.25) is 0 Å². The Morgan fingerprint density at radius 2 is 2.16 bits per heavy atom. The highest BCUT2D eigenvalue weighted by Gasteiger charge is 2.12. The maximum atomic E-state index is 10.5. The zero-order chi connectivity index (χ0) is 14.3. The Labute approximate surface area is 120 Å². The molecule has 1 aromatic rings. The van der Waals surface area contributed by atoms with Crippen LogP contribution < -0.4 is 4.74 Å². The summed E-state index contributed by atoms with van der Waals surface area (Å²) in [5.74, 6) is -0.260. The van der Waals surface area contributed by atoms with Gasteiger partial charge in [-0.3, -0.25) is 4.79 Å². The van der Waals surface area contributed by atoms with Crippen LogP contribution in [0.3, 0.4) is 0 Å². The number of carboxylic acids is 1. The van der Waals surface area contributed by atoms with E-state index in [0.29, 0.717) is 24.5 Å². The average molecular weight is 333 g/mol.